The summed E-state index contributed by atoms with van der Waals surface area (Å²) in [7, 11) is 0. The molecular formula is C10H12F2N2O. The average molecular weight is 214 g/mol. The Kier molecular flexibility index (Phi) is 2.73. The third-order valence-electron chi connectivity index (χ3n) is 2.38. The minimum atomic E-state index is -0.739. The van der Waals surface area contributed by atoms with E-state index in [9.17, 15) is 8.78 Å². The van der Waals surface area contributed by atoms with Crippen LogP contribution in [-0.4, -0.2) is 19.3 Å². The molecule has 0 aromatic heterocycles. The molecule has 3 nitrogen and oxygen atoms in total. The third-order valence-corrected chi connectivity index (χ3v) is 2.38. The van der Waals surface area contributed by atoms with E-state index in [1.807, 2.05) is 0 Å². The molecule has 3 N–H and O–H groups in total. The Morgan fingerprint density at radius 1 is 1.40 bits per heavy atom. The van der Waals surface area contributed by atoms with Gasteiger partial charge in [0, 0.05) is 12.7 Å². The molecule has 5 heteroatoms. The van der Waals surface area contributed by atoms with Crippen LogP contribution >= 0.6 is 0 Å². The topological polar surface area (TPSA) is 47.3 Å². The predicted molar refractivity (Wildman–Crippen MR) is 53.6 cm³/mol. The van der Waals surface area contributed by atoms with Gasteiger partial charge in [-0.05, 0) is 12.5 Å². The van der Waals surface area contributed by atoms with Crippen molar-refractivity contribution in [3.8, 4) is 0 Å². The van der Waals surface area contributed by atoms with Gasteiger partial charge in [-0.1, -0.05) is 0 Å². The van der Waals surface area contributed by atoms with Gasteiger partial charge in [-0.25, -0.2) is 8.78 Å². The molecule has 0 saturated carbocycles. The normalized spacial score (nSPS) is 20.5. The van der Waals surface area contributed by atoms with Crippen molar-refractivity contribution in [1.82, 2.24) is 0 Å². The molecule has 0 aliphatic carbocycles. The molecule has 0 spiro atoms. The van der Waals surface area contributed by atoms with Gasteiger partial charge in [0.05, 0.1) is 24.0 Å². The van der Waals surface area contributed by atoms with Crippen LogP contribution in [0.2, 0.25) is 0 Å². The fourth-order valence-corrected chi connectivity index (χ4v) is 1.57. The molecule has 0 amide bonds. The Morgan fingerprint density at radius 2 is 2.20 bits per heavy atom. The van der Waals surface area contributed by atoms with Crippen LogP contribution in [0.4, 0.5) is 20.2 Å². The summed E-state index contributed by atoms with van der Waals surface area (Å²) in [6, 6.07) is 2.04. The van der Waals surface area contributed by atoms with E-state index in [1.165, 1.54) is 6.07 Å². The molecule has 1 aliphatic rings. The largest absolute Gasteiger partial charge is 0.395 e. The van der Waals surface area contributed by atoms with Crippen molar-refractivity contribution in [3.05, 3.63) is 23.8 Å². The number of hydrogen-bond donors (Lipinski definition) is 2. The maximum Gasteiger partial charge on any atom is 0.151 e. The van der Waals surface area contributed by atoms with Crippen LogP contribution in [0.1, 0.15) is 6.42 Å². The Labute approximate surface area is 86.2 Å². The first-order valence-electron chi connectivity index (χ1n) is 4.75. The second-order valence-corrected chi connectivity index (χ2v) is 3.55. The summed E-state index contributed by atoms with van der Waals surface area (Å²) in [5.41, 5.74) is 5.73. The molecule has 1 unspecified atom stereocenters. The fraction of sp³-hybridized carbons (Fsp3) is 0.400. The van der Waals surface area contributed by atoms with Crippen LogP contribution in [0.15, 0.2) is 12.1 Å². The number of hydrogen-bond acceptors (Lipinski definition) is 3. The van der Waals surface area contributed by atoms with Crippen LogP contribution in [0.3, 0.4) is 0 Å². The zero-order chi connectivity index (χ0) is 10.8. The average Bonchev–Trinajstić information content (AvgIpc) is 2.66. The van der Waals surface area contributed by atoms with Gasteiger partial charge < -0.3 is 15.8 Å². The number of halogens is 2. The Morgan fingerprint density at radius 3 is 2.87 bits per heavy atom. The summed E-state index contributed by atoms with van der Waals surface area (Å²) < 4.78 is 31.1. The first kappa shape index (κ1) is 10.2. The SMILES string of the molecule is Nc1c(F)cc(F)cc1NC1CCOC1. The molecule has 0 bridgehead atoms. The minimum absolute atomic E-state index is 0.0525. The molecule has 1 aromatic rings. The van der Waals surface area contributed by atoms with Crippen molar-refractivity contribution < 1.29 is 13.5 Å². The fourth-order valence-electron chi connectivity index (χ4n) is 1.57. The van der Waals surface area contributed by atoms with Crippen molar-refractivity contribution in [1.29, 1.82) is 0 Å². The van der Waals surface area contributed by atoms with Gasteiger partial charge in [0.15, 0.2) is 5.82 Å². The lowest BCUT2D eigenvalue weighted by Crippen LogP contribution is -2.20. The third kappa shape index (κ3) is 2.18. The minimum Gasteiger partial charge on any atom is -0.395 e. The lowest BCUT2D eigenvalue weighted by atomic mass is 10.2. The van der Waals surface area contributed by atoms with E-state index in [-0.39, 0.29) is 11.7 Å². The van der Waals surface area contributed by atoms with Crippen molar-refractivity contribution in [2.24, 2.45) is 0 Å². The van der Waals surface area contributed by atoms with Crippen LogP contribution in [-0.2, 0) is 4.74 Å². The van der Waals surface area contributed by atoms with E-state index in [0.717, 1.165) is 12.5 Å². The molecule has 2 rings (SSSR count). The maximum absolute atomic E-state index is 13.1. The number of anilines is 2. The highest BCUT2D eigenvalue weighted by Gasteiger charge is 2.17. The second kappa shape index (κ2) is 4.02. The molecule has 1 aromatic carbocycles. The lowest BCUT2D eigenvalue weighted by molar-refractivity contribution is 0.195. The van der Waals surface area contributed by atoms with Crippen LogP contribution < -0.4 is 11.1 Å². The first-order valence-corrected chi connectivity index (χ1v) is 4.75. The molecule has 1 aliphatic heterocycles. The Hall–Kier alpha value is -1.36. The smallest absolute Gasteiger partial charge is 0.151 e. The van der Waals surface area contributed by atoms with Gasteiger partial charge in [0.25, 0.3) is 0 Å². The predicted octanol–water partition coefficient (Wildman–Crippen LogP) is 1.75. The van der Waals surface area contributed by atoms with Crippen LogP contribution in [0.25, 0.3) is 0 Å². The summed E-state index contributed by atoms with van der Waals surface area (Å²) in [4.78, 5) is 0. The molecule has 1 atom stereocenters. The highest BCUT2D eigenvalue weighted by molar-refractivity contribution is 5.67. The molecule has 0 radical (unpaired) electrons. The highest BCUT2D eigenvalue weighted by atomic mass is 19.1. The quantitative estimate of drug-likeness (QED) is 0.737. The van der Waals surface area contributed by atoms with Gasteiger partial charge in [0.2, 0.25) is 0 Å². The van der Waals surface area contributed by atoms with Gasteiger partial charge in [-0.15, -0.1) is 0 Å². The maximum atomic E-state index is 13.1. The van der Waals surface area contributed by atoms with E-state index >= 15 is 0 Å². The molecule has 15 heavy (non-hydrogen) atoms. The van der Waals surface area contributed by atoms with Gasteiger partial charge in [-0.3, -0.25) is 0 Å². The number of nitrogens with two attached hydrogens (primary N) is 1. The number of benzene rings is 1. The molecule has 1 heterocycles. The van der Waals surface area contributed by atoms with Crippen molar-refractivity contribution in [2.75, 3.05) is 24.3 Å². The summed E-state index contributed by atoms with van der Waals surface area (Å²) in [5, 5.41) is 2.96. The van der Waals surface area contributed by atoms with Crippen LogP contribution in [0.5, 0.6) is 0 Å². The zero-order valence-corrected chi connectivity index (χ0v) is 8.09. The Bertz CT molecular complexity index is 365. The van der Waals surface area contributed by atoms with Crippen molar-refractivity contribution in [2.45, 2.75) is 12.5 Å². The summed E-state index contributed by atoms with van der Waals surface area (Å²) >= 11 is 0. The summed E-state index contributed by atoms with van der Waals surface area (Å²) in [6.07, 6.45) is 0.817. The number of ether oxygens (including phenoxy) is 1. The molecule has 82 valence electrons. The number of rotatable bonds is 2. The van der Waals surface area contributed by atoms with Gasteiger partial charge in [0.1, 0.15) is 5.82 Å². The highest BCUT2D eigenvalue weighted by Crippen LogP contribution is 2.25. The van der Waals surface area contributed by atoms with E-state index in [2.05, 4.69) is 5.32 Å². The monoisotopic (exact) mass is 214 g/mol. The van der Waals surface area contributed by atoms with E-state index < -0.39 is 11.6 Å². The Balaban J connectivity index is 2.19. The standard InChI is InChI=1S/C10H12F2N2O/c11-6-3-8(12)10(13)9(4-6)14-7-1-2-15-5-7/h3-4,7,14H,1-2,5,13H2. The number of nitrogen functional groups attached to an aromatic ring is 1. The first-order chi connectivity index (χ1) is 7.16. The van der Waals surface area contributed by atoms with Crippen molar-refractivity contribution >= 4 is 11.4 Å². The number of nitrogens with one attached hydrogen (secondary N) is 1. The van der Waals surface area contributed by atoms with E-state index in [1.54, 1.807) is 0 Å². The van der Waals surface area contributed by atoms with Crippen LogP contribution in [0, 0.1) is 11.6 Å². The van der Waals surface area contributed by atoms with E-state index in [0.29, 0.717) is 18.9 Å². The molecule has 1 fully saturated rings. The molecule has 1 saturated heterocycles. The summed E-state index contributed by atoms with van der Waals surface area (Å²) in [5.74, 6) is -1.38. The van der Waals surface area contributed by atoms with Crippen molar-refractivity contribution in [3.63, 3.8) is 0 Å². The van der Waals surface area contributed by atoms with Gasteiger partial charge >= 0.3 is 0 Å². The molecular weight excluding hydrogens is 202 g/mol. The second-order valence-electron chi connectivity index (χ2n) is 3.55. The van der Waals surface area contributed by atoms with E-state index in [4.69, 9.17) is 10.5 Å². The summed E-state index contributed by atoms with van der Waals surface area (Å²) in [6.45, 7) is 1.20. The van der Waals surface area contributed by atoms with Gasteiger partial charge in [-0.2, -0.15) is 0 Å². The zero-order valence-electron chi connectivity index (χ0n) is 8.09. The lowest BCUT2D eigenvalue weighted by Gasteiger charge is -2.14.